The first-order chi connectivity index (χ1) is 7.70. The lowest BCUT2D eigenvalue weighted by Crippen LogP contribution is -2.00. The number of halogens is 1. The van der Waals surface area contributed by atoms with Crippen LogP contribution >= 0.6 is 23.1 Å². The van der Waals surface area contributed by atoms with Crippen molar-refractivity contribution in [2.75, 3.05) is 5.73 Å². The van der Waals surface area contributed by atoms with Gasteiger partial charge >= 0.3 is 0 Å². The van der Waals surface area contributed by atoms with Crippen LogP contribution in [0.3, 0.4) is 0 Å². The zero-order valence-electron chi connectivity index (χ0n) is 8.51. The molecule has 6 nitrogen and oxygen atoms in total. The summed E-state index contributed by atoms with van der Waals surface area (Å²) < 4.78 is 3.88. The van der Waals surface area contributed by atoms with Crippen molar-refractivity contribution in [2.24, 2.45) is 0 Å². The molecule has 2 heterocycles. The summed E-state index contributed by atoms with van der Waals surface area (Å²) in [5, 5.41) is 4.11. The molecule has 0 aliphatic rings. The van der Waals surface area contributed by atoms with Crippen molar-refractivity contribution >= 4 is 29.1 Å². The molecular formula is C8H9ClN6S. The summed E-state index contributed by atoms with van der Waals surface area (Å²) >= 11 is 6.95. The molecule has 2 rings (SSSR count). The van der Waals surface area contributed by atoms with Crippen molar-refractivity contribution in [3.8, 4) is 10.7 Å². The maximum absolute atomic E-state index is 5.72. The fourth-order valence-electron chi connectivity index (χ4n) is 1.25. The van der Waals surface area contributed by atoms with E-state index in [1.54, 1.807) is 0 Å². The molecule has 16 heavy (non-hydrogen) atoms. The predicted octanol–water partition coefficient (Wildman–Crippen LogP) is 1.58. The van der Waals surface area contributed by atoms with Gasteiger partial charge in [0.15, 0.2) is 5.82 Å². The van der Waals surface area contributed by atoms with E-state index in [-0.39, 0.29) is 11.2 Å². The molecule has 0 bridgehead atoms. The number of aryl methyl sites for hydroxylation is 1. The van der Waals surface area contributed by atoms with Gasteiger partial charge in [-0.15, -0.1) is 5.10 Å². The van der Waals surface area contributed by atoms with Crippen molar-refractivity contribution in [3.05, 3.63) is 11.0 Å². The molecule has 2 aromatic rings. The van der Waals surface area contributed by atoms with Crippen LogP contribution in [-0.2, 0) is 6.42 Å². The Kier molecular flexibility index (Phi) is 3.25. The Hall–Kier alpha value is -1.34. The zero-order chi connectivity index (χ0) is 11.5. The maximum atomic E-state index is 5.72. The Labute approximate surface area is 101 Å². The van der Waals surface area contributed by atoms with Gasteiger partial charge in [0.1, 0.15) is 4.88 Å². The van der Waals surface area contributed by atoms with E-state index in [9.17, 15) is 0 Å². The van der Waals surface area contributed by atoms with Gasteiger partial charge in [-0.05, 0) is 29.6 Å². The third-order valence-electron chi connectivity index (χ3n) is 1.87. The molecule has 0 fully saturated rings. The number of rotatable bonds is 3. The summed E-state index contributed by atoms with van der Waals surface area (Å²) in [5.41, 5.74) is 6.38. The van der Waals surface area contributed by atoms with E-state index in [1.807, 2.05) is 0 Å². The molecule has 2 N–H and O–H groups in total. The molecule has 0 saturated carbocycles. The Morgan fingerprint density at radius 2 is 2.12 bits per heavy atom. The second kappa shape index (κ2) is 4.67. The van der Waals surface area contributed by atoms with E-state index in [1.165, 1.54) is 11.5 Å². The van der Waals surface area contributed by atoms with Crippen LogP contribution in [0, 0.1) is 0 Å². The highest BCUT2D eigenvalue weighted by Gasteiger charge is 2.14. The van der Waals surface area contributed by atoms with Gasteiger partial charge in [0, 0.05) is 0 Å². The van der Waals surface area contributed by atoms with Crippen LogP contribution < -0.4 is 5.73 Å². The number of hydrogen-bond donors (Lipinski definition) is 1. The zero-order valence-corrected chi connectivity index (χ0v) is 10.1. The summed E-state index contributed by atoms with van der Waals surface area (Å²) in [6.45, 7) is 2.07. The SMILES string of the molecule is CCCc1nnsc1-c1nc(N)nc(Cl)n1. The molecule has 0 unspecified atom stereocenters. The third kappa shape index (κ3) is 2.25. The van der Waals surface area contributed by atoms with Crippen LogP contribution in [0.1, 0.15) is 19.0 Å². The molecule has 0 atom stereocenters. The van der Waals surface area contributed by atoms with Gasteiger partial charge in [0.25, 0.3) is 0 Å². The van der Waals surface area contributed by atoms with Gasteiger partial charge in [-0.2, -0.15) is 15.0 Å². The molecule has 0 spiro atoms. The van der Waals surface area contributed by atoms with Crippen molar-refractivity contribution in [1.82, 2.24) is 24.5 Å². The van der Waals surface area contributed by atoms with Crippen LogP contribution in [0.25, 0.3) is 10.7 Å². The standard InChI is InChI=1S/C8H9ClN6S/c1-2-3-4-5(16-15-14-4)6-11-7(9)13-8(10)12-6/h2-3H2,1H3,(H2,10,11,12,13). The summed E-state index contributed by atoms with van der Waals surface area (Å²) in [5.74, 6) is 0.543. The molecule has 0 amide bonds. The van der Waals surface area contributed by atoms with Gasteiger partial charge in [-0.3, -0.25) is 0 Å². The minimum absolute atomic E-state index is 0.0818. The highest BCUT2D eigenvalue weighted by atomic mass is 35.5. The number of nitrogens with zero attached hydrogens (tertiary/aromatic N) is 5. The molecule has 0 saturated heterocycles. The highest BCUT2D eigenvalue weighted by Crippen LogP contribution is 2.24. The number of hydrogen-bond acceptors (Lipinski definition) is 7. The highest BCUT2D eigenvalue weighted by molar-refractivity contribution is 7.09. The molecule has 0 aliphatic heterocycles. The van der Waals surface area contributed by atoms with Gasteiger partial charge in [0.05, 0.1) is 5.69 Å². The smallest absolute Gasteiger partial charge is 0.227 e. The number of nitrogen functional groups attached to an aromatic ring is 1. The van der Waals surface area contributed by atoms with E-state index in [2.05, 4.69) is 31.5 Å². The van der Waals surface area contributed by atoms with Crippen molar-refractivity contribution < 1.29 is 0 Å². The monoisotopic (exact) mass is 256 g/mol. The molecule has 2 aromatic heterocycles. The average molecular weight is 257 g/mol. The van der Waals surface area contributed by atoms with E-state index in [0.717, 1.165) is 23.4 Å². The first kappa shape index (κ1) is 11.2. The van der Waals surface area contributed by atoms with Crippen LogP contribution in [0.15, 0.2) is 0 Å². The second-order valence-electron chi connectivity index (χ2n) is 3.09. The van der Waals surface area contributed by atoms with E-state index in [4.69, 9.17) is 17.3 Å². The molecule has 0 aliphatic carbocycles. The average Bonchev–Trinajstić information content (AvgIpc) is 2.65. The fourth-order valence-corrected chi connectivity index (χ4v) is 2.05. The fraction of sp³-hybridized carbons (Fsp3) is 0.375. The van der Waals surface area contributed by atoms with Gasteiger partial charge < -0.3 is 5.73 Å². The summed E-state index contributed by atoms with van der Waals surface area (Å²) in [6, 6.07) is 0. The normalized spacial score (nSPS) is 10.6. The topological polar surface area (TPSA) is 90.5 Å². The summed E-state index contributed by atoms with van der Waals surface area (Å²) in [6.07, 6.45) is 1.81. The van der Waals surface area contributed by atoms with E-state index in [0.29, 0.717) is 5.82 Å². The largest absolute Gasteiger partial charge is 0.368 e. The van der Waals surface area contributed by atoms with Gasteiger partial charge in [-0.25, -0.2) is 0 Å². The summed E-state index contributed by atoms with van der Waals surface area (Å²) in [4.78, 5) is 12.5. The lowest BCUT2D eigenvalue weighted by molar-refractivity contribution is 0.869. The number of anilines is 1. The Bertz CT molecular complexity index is 479. The molecule has 0 aromatic carbocycles. The van der Waals surface area contributed by atoms with Crippen molar-refractivity contribution in [2.45, 2.75) is 19.8 Å². The number of aromatic nitrogens is 5. The third-order valence-corrected chi connectivity index (χ3v) is 2.80. The Morgan fingerprint density at radius 3 is 2.81 bits per heavy atom. The van der Waals surface area contributed by atoms with Crippen LogP contribution in [-0.4, -0.2) is 24.5 Å². The molecular weight excluding hydrogens is 248 g/mol. The quantitative estimate of drug-likeness (QED) is 0.897. The van der Waals surface area contributed by atoms with Crippen LogP contribution in [0.2, 0.25) is 5.28 Å². The maximum Gasteiger partial charge on any atom is 0.227 e. The van der Waals surface area contributed by atoms with Crippen LogP contribution in [0.5, 0.6) is 0 Å². The first-order valence-electron chi connectivity index (χ1n) is 4.69. The molecule has 84 valence electrons. The lowest BCUT2D eigenvalue weighted by atomic mass is 10.2. The van der Waals surface area contributed by atoms with Crippen LogP contribution in [0.4, 0.5) is 5.95 Å². The van der Waals surface area contributed by atoms with Gasteiger partial charge in [-0.1, -0.05) is 17.8 Å². The lowest BCUT2D eigenvalue weighted by Gasteiger charge is -1.99. The van der Waals surface area contributed by atoms with Crippen molar-refractivity contribution in [1.29, 1.82) is 0 Å². The number of nitrogens with two attached hydrogens (primary N) is 1. The Morgan fingerprint density at radius 1 is 1.31 bits per heavy atom. The van der Waals surface area contributed by atoms with E-state index < -0.39 is 0 Å². The minimum atomic E-state index is 0.0818. The van der Waals surface area contributed by atoms with Gasteiger partial charge in [0.2, 0.25) is 11.2 Å². The van der Waals surface area contributed by atoms with Crippen molar-refractivity contribution in [3.63, 3.8) is 0 Å². The second-order valence-corrected chi connectivity index (χ2v) is 4.18. The summed E-state index contributed by atoms with van der Waals surface area (Å²) in [7, 11) is 0. The first-order valence-corrected chi connectivity index (χ1v) is 5.84. The molecule has 8 heteroatoms. The predicted molar refractivity (Wildman–Crippen MR) is 62.1 cm³/mol. The Balaban J connectivity index is 2.45. The minimum Gasteiger partial charge on any atom is -0.368 e. The molecule has 0 radical (unpaired) electrons. The van der Waals surface area contributed by atoms with E-state index >= 15 is 0 Å².